The van der Waals surface area contributed by atoms with Gasteiger partial charge in [-0.2, -0.15) is 0 Å². The van der Waals surface area contributed by atoms with Crippen LogP contribution in [0.25, 0.3) is 0 Å². The van der Waals surface area contributed by atoms with Crippen LogP contribution >= 0.6 is 23.2 Å². The van der Waals surface area contributed by atoms with Gasteiger partial charge < -0.3 is 16.0 Å². The number of hydrogen-bond donors (Lipinski definition) is 3. The van der Waals surface area contributed by atoms with E-state index in [0.717, 1.165) is 31.6 Å². The number of carbonyl (C=O) groups excluding carboxylic acids is 1. The van der Waals surface area contributed by atoms with Crippen molar-refractivity contribution >= 4 is 34.8 Å². The third kappa shape index (κ3) is 1.85. The maximum Gasteiger partial charge on any atom is 0.256 e. The summed E-state index contributed by atoms with van der Waals surface area (Å²) >= 11 is 12.0. The van der Waals surface area contributed by atoms with E-state index in [9.17, 15) is 4.79 Å². The minimum Gasteiger partial charge on any atom is -0.362 e. The molecule has 1 fully saturated rings. The molecule has 0 radical (unpaired) electrons. The zero-order valence-electron chi connectivity index (χ0n) is 9.65. The minimum atomic E-state index is -0.355. The van der Waals surface area contributed by atoms with Crippen molar-refractivity contribution in [3.63, 3.8) is 0 Å². The molecule has 2 aliphatic heterocycles. The first-order valence-electron chi connectivity index (χ1n) is 5.91. The highest BCUT2D eigenvalue weighted by Crippen LogP contribution is 2.37. The van der Waals surface area contributed by atoms with Crippen molar-refractivity contribution in [1.29, 1.82) is 0 Å². The number of nitrogens with one attached hydrogen (secondary N) is 3. The van der Waals surface area contributed by atoms with Crippen LogP contribution in [0, 0.1) is 0 Å². The van der Waals surface area contributed by atoms with Gasteiger partial charge in [0.05, 0.1) is 21.3 Å². The van der Waals surface area contributed by atoms with E-state index in [4.69, 9.17) is 23.2 Å². The molecule has 96 valence electrons. The van der Waals surface area contributed by atoms with Crippen LogP contribution < -0.4 is 16.0 Å². The van der Waals surface area contributed by atoms with Gasteiger partial charge in [0.1, 0.15) is 5.66 Å². The molecule has 0 aromatic heterocycles. The number of piperidine rings is 1. The van der Waals surface area contributed by atoms with Crippen LogP contribution in [0.15, 0.2) is 12.1 Å². The Labute approximate surface area is 115 Å². The molecule has 18 heavy (non-hydrogen) atoms. The summed E-state index contributed by atoms with van der Waals surface area (Å²) in [5, 5.41) is 10.4. The first-order chi connectivity index (χ1) is 8.61. The number of rotatable bonds is 0. The average Bonchev–Trinajstić information content (AvgIpc) is 2.34. The highest BCUT2D eigenvalue weighted by molar-refractivity contribution is 6.44. The van der Waals surface area contributed by atoms with Gasteiger partial charge in [0.25, 0.3) is 5.91 Å². The second-order valence-corrected chi connectivity index (χ2v) is 5.48. The van der Waals surface area contributed by atoms with E-state index in [1.807, 2.05) is 6.07 Å². The van der Waals surface area contributed by atoms with Crippen LogP contribution in [0.5, 0.6) is 0 Å². The highest BCUT2D eigenvalue weighted by atomic mass is 35.5. The van der Waals surface area contributed by atoms with Gasteiger partial charge in [-0.15, -0.1) is 0 Å². The van der Waals surface area contributed by atoms with Crippen molar-refractivity contribution in [3.8, 4) is 0 Å². The Balaban J connectivity index is 2.03. The number of carbonyl (C=O) groups is 1. The van der Waals surface area contributed by atoms with Crippen LogP contribution in [0.4, 0.5) is 5.69 Å². The standard InChI is InChI=1S/C12H13Cl2N3O/c13-7-1-2-8-9(10(7)14)11(18)17-12(16-8)3-5-15-6-4-12/h1-2,15-16H,3-6H2,(H,17,18). The third-order valence-electron chi connectivity index (χ3n) is 3.51. The summed E-state index contributed by atoms with van der Waals surface area (Å²) in [5.41, 5.74) is 0.843. The van der Waals surface area contributed by atoms with E-state index in [2.05, 4.69) is 16.0 Å². The lowest BCUT2D eigenvalue weighted by atomic mass is 9.93. The van der Waals surface area contributed by atoms with E-state index in [0.29, 0.717) is 15.6 Å². The summed E-state index contributed by atoms with van der Waals surface area (Å²) in [6.07, 6.45) is 1.69. The molecular weight excluding hydrogens is 273 g/mol. The van der Waals surface area contributed by atoms with Gasteiger partial charge in [0.2, 0.25) is 0 Å². The Morgan fingerprint density at radius 1 is 1.11 bits per heavy atom. The molecule has 3 N–H and O–H groups in total. The van der Waals surface area contributed by atoms with Gasteiger partial charge >= 0.3 is 0 Å². The summed E-state index contributed by atoms with van der Waals surface area (Å²) in [6, 6.07) is 3.52. The van der Waals surface area contributed by atoms with E-state index in [1.54, 1.807) is 6.07 Å². The molecule has 0 unspecified atom stereocenters. The Morgan fingerprint density at radius 2 is 1.83 bits per heavy atom. The van der Waals surface area contributed by atoms with Gasteiger partial charge in [0.15, 0.2) is 0 Å². The zero-order chi connectivity index (χ0) is 12.8. The number of halogens is 2. The number of anilines is 1. The summed E-state index contributed by atoms with van der Waals surface area (Å²) in [5.74, 6) is -0.154. The number of hydrogen-bond acceptors (Lipinski definition) is 3. The number of benzene rings is 1. The van der Waals surface area contributed by atoms with Gasteiger partial charge in [-0.3, -0.25) is 4.79 Å². The van der Waals surface area contributed by atoms with Gasteiger partial charge in [-0.05, 0) is 25.2 Å². The van der Waals surface area contributed by atoms with Crippen LogP contribution in [-0.2, 0) is 0 Å². The molecule has 0 aliphatic carbocycles. The Kier molecular flexibility index (Phi) is 2.88. The average molecular weight is 286 g/mol. The molecule has 0 atom stereocenters. The highest BCUT2D eigenvalue weighted by Gasteiger charge is 2.39. The summed E-state index contributed by atoms with van der Waals surface area (Å²) < 4.78 is 0. The molecule has 3 rings (SSSR count). The molecule has 4 nitrogen and oxygen atoms in total. The summed E-state index contributed by atoms with van der Waals surface area (Å²) in [7, 11) is 0. The zero-order valence-corrected chi connectivity index (χ0v) is 11.2. The van der Waals surface area contributed by atoms with Gasteiger partial charge in [-0.1, -0.05) is 23.2 Å². The maximum atomic E-state index is 12.2. The lowest BCUT2D eigenvalue weighted by Crippen LogP contribution is -2.61. The Morgan fingerprint density at radius 3 is 2.56 bits per heavy atom. The van der Waals surface area contributed by atoms with E-state index < -0.39 is 0 Å². The van der Waals surface area contributed by atoms with Crippen LogP contribution in [-0.4, -0.2) is 24.7 Å². The molecular formula is C12H13Cl2N3O. The molecule has 1 aromatic rings. The summed E-state index contributed by atoms with van der Waals surface area (Å²) in [6.45, 7) is 1.76. The van der Waals surface area contributed by atoms with Crippen molar-refractivity contribution < 1.29 is 4.79 Å². The second-order valence-electron chi connectivity index (χ2n) is 4.70. The maximum absolute atomic E-state index is 12.2. The molecule has 0 saturated carbocycles. The van der Waals surface area contributed by atoms with E-state index >= 15 is 0 Å². The molecule has 0 bridgehead atoms. The Bertz CT molecular complexity index is 512. The van der Waals surface area contributed by atoms with Crippen LogP contribution in [0.2, 0.25) is 10.0 Å². The fourth-order valence-electron chi connectivity index (χ4n) is 2.55. The van der Waals surface area contributed by atoms with Crippen molar-refractivity contribution in [1.82, 2.24) is 10.6 Å². The van der Waals surface area contributed by atoms with Crippen molar-refractivity contribution in [2.75, 3.05) is 18.4 Å². The van der Waals surface area contributed by atoms with Crippen LogP contribution in [0.1, 0.15) is 23.2 Å². The number of amides is 1. The first kappa shape index (κ1) is 12.1. The van der Waals surface area contributed by atoms with E-state index in [1.165, 1.54) is 0 Å². The van der Waals surface area contributed by atoms with E-state index in [-0.39, 0.29) is 11.6 Å². The fourth-order valence-corrected chi connectivity index (χ4v) is 2.96. The predicted molar refractivity (Wildman–Crippen MR) is 72.4 cm³/mol. The quantitative estimate of drug-likeness (QED) is 0.685. The minimum absolute atomic E-state index is 0.154. The van der Waals surface area contributed by atoms with Crippen molar-refractivity contribution in [2.24, 2.45) is 0 Å². The molecule has 6 heteroatoms. The smallest absolute Gasteiger partial charge is 0.256 e. The predicted octanol–water partition coefficient (Wildman–Crippen LogP) is 2.23. The van der Waals surface area contributed by atoms with Gasteiger partial charge in [0, 0.05) is 12.8 Å². The fraction of sp³-hybridized carbons (Fsp3) is 0.417. The molecule has 2 aliphatic rings. The SMILES string of the molecule is O=C1NC2(CCNCC2)Nc2ccc(Cl)c(Cl)c21. The molecule has 1 amide bonds. The lowest BCUT2D eigenvalue weighted by molar-refractivity contribution is 0.0881. The molecule has 1 aromatic carbocycles. The summed E-state index contributed by atoms with van der Waals surface area (Å²) in [4.78, 5) is 12.2. The normalized spacial score (nSPS) is 21.1. The number of fused-ring (bicyclic) bond motifs is 1. The lowest BCUT2D eigenvalue weighted by Gasteiger charge is -2.43. The molecule has 2 heterocycles. The molecule has 1 spiro atoms. The third-order valence-corrected chi connectivity index (χ3v) is 4.31. The van der Waals surface area contributed by atoms with Crippen molar-refractivity contribution in [2.45, 2.75) is 18.5 Å². The first-order valence-corrected chi connectivity index (χ1v) is 6.66. The Hall–Kier alpha value is -0.970. The van der Waals surface area contributed by atoms with Crippen LogP contribution in [0.3, 0.4) is 0 Å². The largest absolute Gasteiger partial charge is 0.362 e. The van der Waals surface area contributed by atoms with Crippen molar-refractivity contribution in [3.05, 3.63) is 27.7 Å². The topological polar surface area (TPSA) is 53.2 Å². The molecule has 1 saturated heterocycles. The second kappa shape index (κ2) is 4.30. The van der Waals surface area contributed by atoms with Gasteiger partial charge in [-0.25, -0.2) is 0 Å². The monoisotopic (exact) mass is 285 g/mol.